The Labute approximate surface area is 111 Å². The summed E-state index contributed by atoms with van der Waals surface area (Å²) in [5.74, 6) is 0.878. The summed E-state index contributed by atoms with van der Waals surface area (Å²) < 4.78 is 5.40. The maximum absolute atomic E-state index is 5.40. The van der Waals surface area contributed by atoms with Crippen LogP contribution in [-0.2, 0) is 6.54 Å². The Bertz CT molecular complexity index is 494. The second-order valence-corrected chi connectivity index (χ2v) is 5.70. The molecule has 0 saturated carbocycles. The summed E-state index contributed by atoms with van der Waals surface area (Å²) in [4.78, 5) is 3.56. The quantitative estimate of drug-likeness (QED) is 0.921. The van der Waals surface area contributed by atoms with Crippen molar-refractivity contribution in [1.29, 1.82) is 0 Å². The summed E-state index contributed by atoms with van der Waals surface area (Å²) >= 11 is 1.68. The van der Waals surface area contributed by atoms with Crippen molar-refractivity contribution in [2.45, 2.75) is 19.5 Å². The second kappa shape index (κ2) is 5.22. The van der Waals surface area contributed by atoms with E-state index in [9.17, 15) is 0 Å². The standard InChI is InChI=1S/C13H17N3OS/c1-10-8-16(5-4-14-10)9-11-7-12(17-15-11)13-3-2-6-18-13/h2-3,6-7,10,14H,4-5,8-9H2,1H3/t10-/m1/s1. The number of hydrogen-bond acceptors (Lipinski definition) is 5. The van der Waals surface area contributed by atoms with Gasteiger partial charge in [0, 0.05) is 38.3 Å². The third-order valence-electron chi connectivity index (χ3n) is 3.16. The van der Waals surface area contributed by atoms with E-state index in [0.29, 0.717) is 6.04 Å². The van der Waals surface area contributed by atoms with Gasteiger partial charge < -0.3 is 9.84 Å². The highest BCUT2D eigenvalue weighted by Gasteiger charge is 2.17. The number of aromatic nitrogens is 1. The van der Waals surface area contributed by atoms with Gasteiger partial charge in [0.15, 0.2) is 5.76 Å². The fourth-order valence-corrected chi connectivity index (χ4v) is 2.98. The van der Waals surface area contributed by atoms with Gasteiger partial charge in [0.1, 0.15) is 0 Å². The van der Waals surface area contributed by atoms with E-state index >= 15 is 0 Å². The smallest absolute Gasteiger partial charge is 0.177 e. The lowest BCUT2D eigenvalue weighted by molar-refractivity contribution is 0.195. The lowest BCUT2D eigenvalue weighted by Crippen LogP contribution is -2.48. The Hall–Kier alpha value is -1.17. The van der Waals surface area contributed by atoms with Crippen LogP contribution >= 0.6 is 11.3 Å². The first kappa shape index (κ1) is 11.9. The first-order chi connectivity index (χ1) is 8.81. The third-order valence-corrected chi connectivity index (χ3v) is 4.05. The van der Waals surface area contributed by atoms with E-state index < -0.39 is 0 Å². The lowest BCUT2D eigenvalue weighted by Gasteiger charge is -2.30. The van der Waals surface area contributed by atoms with Crippen LogP contribution in [0.4, 0.5) is 0 Å². The predicted octanol–water partition coefficient (Wildman–Crippen LogP) is 2.20. The van der Waals surface area contributed by atoms with Crippen molar-refractivity contribution in [3.05, 3.63) is 29.3 Å². The summed E-state index contributed by atoms with van der Waals surface area (Å²) in [5.41, 5.74) is 1.02. The van der Waals surface area contributed by atoms with Crippen molar-refractivity contribution in [1.82, 2.24) is 15.4 Å². The van der Waals surface area contributed by atoms with Crippen LogP contribution in [0.1, 0.15) is 12.6 Å². The molecule has 1 saturated heterocycles. The van der Waals surface area contributed by atoms with Gasteiger partial charge in [0.05, 0.1) is 10.6 Å². The molecule has 18 heavy (non-hydrogen) atoms. The zero-order chi connectivity index (χ0) is 12.4. The van der Waals surface area contributed by atoms with E-state index in [0.717, 1.165) is 42.5 Å². The third kappa shape index (κ3) is 2.63. The summed E-state index contributed by atoms with van der Waals surface area (Å²) in [6.07, 6.45) is 0. The van der Waals surface area contributed by atoms with E-state index in [-0.39, 0.29) is 0 Å². The number of rotatable bonds is 3. The van der Waals surface area contributed by atoms with Crippen molar-refractivity contribution in [3.63, 3.8) is 0 Å². The summed E-state index contributed by atoms with van der Waals surface area (Å²) in [6.45, 7) is 6.29. The number of hydrogen-bond donors (Lipinski definition) is 1. The molecule has 0 amide bonds. The molecular formula is C13H17N3OS. The molecule has 1 fully saturated rings. The molecule has 0 spiro atoms. The maximum atomic E-state index is 5.40. The Balaban J connectivity index is 1.66. The number of nitrogens with zero attached hydrogens (tertiary/aromatic N) is 2. The minimum absolute atomic E-state index is 0.558. The predicted molar refractivity (Wildman–Crippen MR) is 72.6 cm³/mol. The normalized spacial score (nSPS) is 21.3. The minimum atomic E-state index is 0.558. The van der Waals surface area contributed by atoms with Crippen LogP contribution in [0.5, 0.6) is 0 Å². The van der Waals surface area contributed by atoms with Crippen molar-refractivity contribution in [2.24, 2.45) is 0 Å². The number of thiophene rings is 1. The van der Waals surface area contributed by atoms with Gasteiger partial charge in [-0.3, -0.25) is 4.90 Å². The monoisotopic (exact) mass is 263 g/mol. The summed E-state index contributed by atoms with van der Waals surface area (Å²) in [6, 6.07) is 6.70. The molecule has 0 aromatic carbocycles. The minimum Gasteiger partial charge on any atom is -0.355 e. The van der Waals surface area contributed by atoms with E-state index in [1.807, 2.05) is 6.07 Å². The summed E-state index contributed by atoms with van der Waals surface area (Å²) in [7, 11) is 0. The van der Waals surface area contributed by atoms with Gasteiger partial charge in [-0.25, -0.2) is 0 Å². The molecular weight excluding hydrogens is 246 g/mol. The first-order valence-corrected chi connectivity index (χ1v) is 7.14. The Morgan fingerprint density at radius 3 is 3.33 bits per heavy atom. The van der Waals surface area contributed by atoms with Crippen LogP contribution in [-0.4, -0.2) is 35.7 Å². The van der Waals surface area contributed by atoms with Crippen LogP contribution in [0.15, 0.2) is 28.1 Å². The van der Waals surface area contributed by atoms with Gasteiger partial charge in [-0.15, -0.1) is 11.3 Å². The van der Waals surface area contributed by atoms with Crippen molar-refractivity contribution in [3.8, 4) is 10.6 Å². The molecule has 3 rings (SSSR count). The Morgan fingerprint density at radius 1 is 1.61 bits per heavy atom. The van der Waals surface area contributed by atoms with Gasteiger partial charge in [-0.2, -0.15) is 0 Å². The van der Waals surface area contributed by atoms with Gasteiger partial charge in [-0.05, 0) is 18.4 Å². The average molecular weight is 263 g/mol. The van der Waals surface area contributed by atoms with Crippen LogP contribution in [0.2, 0.25) is 0 Å². The van der Waals surface area contributed by atoms with E-state index in [1.165, 1.54) is 0 Å². The molecule has 96 valence electrons. The Morgan fingerprint density at radius 2 is 2.56 bits per heavy atom. The summed E-state index contributed by atoms with van der Waals surface area (Å²) in [5, 5.41) is 9.65. The first-order valence-electron chi connectivity index (χ1n) is 6.26. The molecule has 5 heteroatoms. The fourth-order valence-electron chi connectivity index (χ4n) is 2.31. The van der Waals surface area contributed by atoms with Gasteiger partial charge in [-0.1, -0.05) is 11.2 Å². The van der Waals surface area contributed by atoms with Crippen LogP contribution in [0.3, 0.4) is 0 Å². The van der Waals surface area contributed by atoms with Crippen molar-refractivity contribution >= 4 is 11.3 Å². The topological polar surface area (TPSA) is 41.3 Å². The molecule has 2 aromatic rings. The van der Waals surface area contributed by atoms with Crippen LogP contribution in [0, 0.1) is 0 Å². The van der Waals surface area contributed by atoms with Gasteiger partial charge >= 0.3 is 0 Å². The highest BCUT2D eigenvalue weighted by molar-refractivity contribution is 7.13. The second-order valence-electron chi connectivity index (χ2n) is 4.75. The molecule has 2 aromatic heterocycles. The van der Waals surface area contributed by atoms with Crippen molar-refractivity contribution < 1.29 is 4.52 Å². The highest BCUT2D eigenvalue weighted by Crippen LogP contribution is 2.25. The molecule has 1 atom stereocenters. The van der Waals surface area contributed by atoms with Gasteiger partial charge in [0.2, 0.25) is 0 Å². The average Bonchev–Trinajstić information content (AvgIpc) is 2.98. The lowest BCUT2D eigenvalue weighted by atomic mass is 10.2. The molecule has 0 aliphatic carbocycles. The molecule has 0 radical (unpaired) electrons. The zero-order valence-electron chi connectivity index (χ0n) is 10.4. The van der Waals surface area contributed by atoms with Gasteiger partial charge in [0.25, 0.3) is 0 Å². The molecule has 3 heterocycles. The highest BCUT2D eigenvalue weighted by atomic mass is 32.1. The zero-order valence-corrected chi connectivity index (χ0v) is 11.2. The largest absolute Gasteiger partial charge is 0.355 e. The molecule has 1 N–H and O–H groups in total. The number of piperazine rings is 1. The molecule has 1 aliphatic heterocycles. The number of nitrogens with one attached hydrogen (secondary N) is 1. The molecule has 0 bridgehead atoms. The van der Waals surface area contributed by atoms with Crippen LogP contribution < -0.4 is 5.32 Å². The van der Waals surface area contributed by atoms with E-state index in [4.69, 9.17) is 4.52 Å². The van der Waals surface area contributed by atoms with Crippen LogP contribution in [0.25, 0.3) is 10.6 Å². The SMILES string of the molecule is C[C@@H]1CN(Cc2cc(-c3cccs3)on2)CCN1. The van der Waals surface area contributed by atoms with Crippen molar-refractivity contribution in [2.75, 3.05) is 19.6 Å². The molecule has 0 unspecified atom stereocenters. The van der Waals surface area contributed by atoms with E-state index in [2.05, 4.69) is 39.8 Å². The Kier molecular flexibility index (Phi) is 3.45. The molecule has 4 nitrogen and oxygen atoms in total. The fraction of sp³-hybridized carbons (Fsp3) is 0.462. The van der Waals surface area contributed by atoms with E-state index in [1.54, 1.807) is 11.3 Å². The molecule has 1 aliphatic rings. The maximum Gasteiger partial charge on any atom is 0.177 e.